The van der Waals surface area contributed by atoms with Crippen LogP contribution < -0.4 is 5.73 Å². The Morgan fingerprint density at radius 3 is 1.95 bits per heavy atom. The molecule has 0 aliphatic rings. The van der Waals surface area contributed by atoms with Crippen LogP contribution in [0.3, 0.4) is 0 Å². The largest absolute Gasteiger partial charge is 0.370 e. The molecule has 0 aromatic carbocycles. The van der Waals surface area contributed by atoms with Gasteiger partial charge in [0.05, 0.1) is 5.68 Å². The van der Waals surface area contributed by atoms with Crippen molar-refractivity contribution < 1.29 is 9.59 Å². The first-order valence-electron chi connectivity index (χ1n) is 8.28. The Labute approximate surface area is 125 Å². The van der Waals surface area contributed by atoms with E-state index in [1.165, 1.54) is 32.1 Å². The standard InChI is InChI=1S/C16H32BNO2/c1-4-6-8-10-12-16(3,11-9-7-5-2)15(20)17-13-14(18)19/h17H,4-13H2,1-3H3,(H2,18,19). The molecule has 2 N–H and O–H groups in total. The van der Waals surface area contributed by atoms with Gasteiger partial charge in [0.2, 0.25) is 13.2 Å². The molecular formula is C16H32BNO2. The molecule has 0 radical (unpaired) electrons. The third kappa shape index (κ3) is 8.39. The van der Waals surface area contributed by atoms with Crippen LogP contribution >= 0.6 is 0 Å². The Balaban J connectivity index is 4.41. The smallest absolute Gasteiger partial charge is 0.215 e. The molecule has 0 heterocycles. The maximum absolute atomic E-state index is 12.4. The summed E-state index contributed by atoms with van der Waals surface area (Å²) in [6.45, 7) is 6.45. The van der Waals surface area contributed by atoms with Gasteiger partial charge in [-0.15, -0.1) is 0 Å². The maximum atomic E-state index is 12.4. The summed E-state index contributed by atoms with van der Waals surface area (Å²) in [6.07, 6.45) is 10.3. The number of hydrogen-bond donors (Lipinski definition) is 1. The number of unbranched alkanes of at least 4 members (excludes halogenated alkanes) is 5. The van der Waals surface area contributed by atoms with E-state index in [0.717, 1.165) is 25.7 Å². The molecule has 0 saturated carbocycles. The molecule has 1 amide bonds. The lowest BCUT2D eigenvalue weighted by Crippen LogP contribution is -2.34. The van der Waals surface area contributed by atoms with Crippen LogP contribution in [-0.2, 0) is 9.59 Å². The Morgan fingerprint density at radius 1 is 0.950 bits per heavy atom. The zero-order valence-electron chi connectivity index (χ0n) is 13.7. The second-order valence-electron chi connectivity index (χ2n) is 6.22. The second kappa shape index (κ2) is 10.9. The van der Waals surface area contributed by atoms with E-state index < -0.39 is 0 Å². The summed E-state index contributed by atoms with van der Waals surface area (Å²) in [7, 11) is 0.311. The molecule has 20 heavy (non-hydrogen) atoms. The van der Waals surface area contributed by atoms with E-state index in [1.54, 1.807) is 0 Å². The lowest BCUT2D eigenvalue weighted by atomic mass is 9.57. The van der Waals surface area contributed by atoms with Crippen LogP contribution in [0, 0.1) is 5.41 Å². The number of carbonyl (C=O) groups is 2. The van der Waals surface area contributed by atoms with Crippen molar-refractivity contribution in [2.24, 2.45) is 11.1 Å². The predicted octanol–water partition coefficient (Wildman–Crippen LogP) is 3.41. The molecule has 1 atom stereocenters. The van der Waals surface area contributed by atoms with Crippen molar-refractivity contribution in [3.05, 3.63) is 0 Å². The lowest BCUT2D eigenvalue weighted by Gasteiger charge is -2.28. The molecule has 3 nitrogen and oxygen atoms in total. The average molecular weight is 281 g/mol. The fourth-order valence-corrected chi connectivity index (χ4v) is 2.65. The minimum Gasteiger partial charge on any atom is -0.370 e. The number of primary amides is 1. The van der Waals surface area contributed by atoms with Crippen molar-refractivity contribution in [3.63, 3.8) is 0 Å². The van der Waals surface area contributed by atoms with E-state index >= 15 is 0 Å². The van der Waals surface area contributed by atoms with Gasteiger partial charge in [-0.25, -0.2) is 0 Å². The summed E-state index contributed by atoms with van der Waals surface area (Å²) < 4.78 is 0. The van der Waals surface area contributed by atoms with E-state index in [9.17, 15) is 9.59 Å². The van der Waals surface area contributed by atoms with Crippen LogP contribution in [0.2, 0.25) is 6.32 Å². The number of hydrogen-bond acceptors (Lipinski definition) is 2. The Kier molecular flexibility index (Phi) is 10.5. The fourth-order valence-electron chi connectivity index (χ4n) is 2.65. The van der Waals surface area contributed by atoms with Crippen LogP contribution in [0.15, 0.2) is 0 Å². The zero-order valence-corrected chi connectivity index (χ0v) is 13.7. The molecule has 0 rings (SSSR count). The first-order chi connectivity index (χ1) is 9.46. The van der Waals surface area contributed by atoms with E-state index in [4.69, 9.17) is 5.73 Å². The number of carbonyl (C=O) groups excluding carboxylic acids is 2. The van der Waals surface area contributed by atoms with Crippen LogP contribution in [0.1, 0.15) is 78.6 Å². The molecule has 0 aromatic rings. The van der Waals surface area contributed by atoms with Gasteiger partial charge in [0.25, 0.3) is 0 Å². The number of rotatable bonds is 13. The topological polar surface area (TPSA) is 60.2 Å². The van der Waals surface area contributed by atoms with Gasteiger partial charge in [-0.3, -0.25) is 4.79 Å². The lowest BCUT2D eigenvalue weighted by molar-refractivity contribution is -0.122. The van der Waals surface area contributed by atoms with E-state index in [2.05, 4.69) is 20.8 Å². The molecular weight excluding hydrogens is 249 g/mol. The molecule has 4 heteroatoms. The van der Waals surface area contributed by atoms with Crippen LogP contribution in [0.5, 0.6) is 0 Å². The normalized spacial score (nSPS) is 13.8. The molecule has 0 aromatic heterocycles. The van der Waals surface area contributed by atoms with Gasteiger partial charge in [0.15, 0.2) is 0 Å². The summed E-state index contributed by atoms with van der Waals surface area (Å²) in [5, 5.41) is 0. The van der Waals surface area contributed by atoms with Gasteiger partial charge >= 0.3 is 0 Å². The highest BCUT2D eigenvalue weighted by atomic mass is 16.1. The van der Waals surface area contributed by atoms with Gasteiger partial charge in [-0.2, -0.15) is 0 Å². The Hall–Kier alpha value is -0.795. The highest BCUT2D eigenvalue weighted by Crippen LogP contribution is 2.32. The van der Waals surface area contributed by atoms with Crippen molar-refractivity contribution in [1.82, 2.24) is 0 Å². The second-order valence-corrected chi connectivity index (χ2v) is 6.22. The third-order valence-electron chi connectivity index (χ3n) is 4.19. The summed E-state index contributed by atoms with van der Waals surface area (Å²) in [5.74, 6) is -0.375. The van der Waals surface area contributed by atoms with Crippen molar-refractivity contribution in [2.45, 2.75) is 84.9 Å². The van der Waals surface area contributed by atoms with Crippen LogP contribution in [-0.4, -0.2) is 18.9 Å². The first-order valence-corrected chi connectivity index (χ1v) is 8.28. The van der Waals surface area contributed by atoms with Gasteiger partial charge in [-0.1, -0.05) is 65.7 Å². The fraction of sp³-hybridized carbons (Fsp3) is 0.875. The third-order valence-corrected chi connectivity index (χ3v) is 4.19. The van der Waals surface area contributed by atoms with Crippen LogP contribution in [0.4, 0.5) is 0 Å². The highest BCUT2D eigenvalue weighted by Gasteiger charge is 2.31. The Bertz CT molecular complexity index is 294. The van der Waals surface area contributed by atoms with E-state index in [1.807, 2.05) is 0 Å². The first kappa shape index (κ1) is 19.2. The van der Waals surface area contributed by atoms with Crippen molar-refractivity contribution in [3.8, 4) is 0 Å². The van der Waals surface area contributed by atoms with Gasteiger partial charge in [0, 0.05) is 11.7 Å². The molecule has 0 fully saturated rings. The Morgan fingerprint density at radius 2 is 1.45 bits per heavy atom. The molecule has 0 spiro atoms. The van der Waals surface area contributed by atoms with Crippen molar-refractivity contribution in [1.29, 1.82) is 0 Å². The average Bonchev–Trinajstić information content (AvgIpc) is 2.41. The number of nitrogens with two attached hydrogens (primary N) is 1. The van der Waals surface area contributed by atoms with Gasteiger partial charge in [-0.05, 0) is 12.8 Å². The van der Waals surface area contributed by atoms with Crippen molar-refractivity contribution in [2.75, 3.05) is 0 Å². The quantitative estimate of drug-likeness (QED) is 0.415. The van der Waals surface area contributed by atoms with Crippen molar-refractivity contribution >= 4 is 18.9 Å². The summed E-state index contributed by atoms with van der Waals surface area (Å²) in [5.41, 5.74) is 5.13. The minimum absolute atomic E-state index is 0.192. The predicted molar refractivity (Wildman–Crippen MR) is 87.2 cm³/mol. The molecule has 0 aliphatic carbocycles. The SMILES string of the molecule is CCCCCCC(C)(CCCCC)C(=O)BCC(N)=O. The molecule has 1 unspecified atom stereocenters. The van der Waals surface area contributed by atoms with Gasteiger partial charge < -0.3 is 10.5 Å². The molecule has 0 bridgehead atoms. The minimum atomic E-state index is -0.375. The molecule has 116 valence electrons. The molecule has 0 aliphatic heterocycles. The molecule has 0 saturated heterocycles. The maximum Gasteiger partial charge on any atom is 0.215 e. The van der Waals surface area contributed by atoms with E-state index in [-0.39, 0.29) is 23.3 Å². The summed E-state index contributed by atoms with van der Waals surface area (Å²) >= 11 is 0. The monoisotopic (exact) mass is 281 g/mol. The summed E-state index contributed by atoms with van der Waals surface area (Å²) in [4.78, 5) is 23.3. The van der Waals surface area contributed by atoms with E-state index in [0.29, 0.717) is 7.28 Å². The van der Waals surface area contributed by atoms with Gasteiger partial charge in [0.1, 0.15) is 0 Å². The number of amides is 1. The van der Waals surface area contributed by atoms with Crippen LogP contribution in [0.25, 0.3) is 0 Å². The summed E-state index contributed by atoms with van der Waals surface area (Å²) in [6, 6.07) is 0. The highest BCUT2D eigenvalue weighted by molar-refractivity contribution is 6.76. The zero-order chi connectivity index (χ0) is 15.4.